The Morgan fingerprint density at radius 3 is 2.59 bits per heavy atom. The van der Waals surface area contributed by atoms with Crippen LogP contribution in [-0.4, -0.2) is 9.13 Å². The number of rotatable bonds is 3. The summed E-state index contributed by atoms with van der Waals surface area (Å²) >= 11 is 7.40. The third kappa shape index (κ3) is 2.91. The molecule has 4 nitrogen and oxygen atoms in total. The van der Waals surface area contributed by atoms with Crippen LogP contribution in [0.1, 0.15) is 11.1 Å². The second-order valence-electron chi connectivity index (χ2n) is 6.13. The number of thiophene rings is 1. The van der Waals surface area contributed by atoms with Crippen LogP contribution in [0.15, 0.2) is 63.5 Å². The first-order valence-corrected chi connectivity index (χ1v) is 9.46. The summed E-state index contributed by atoms with van der Waals surface area (Å²) < 4.78 is 17.3. The van der Waals surface area contributed by atoms with Crippen LogP contribution in [0.4, 0.5) is 4.39 Å². The maximum Gasteiger partial charge on any atom is 0.336 e. The first kappa shape index (κ1) is 17.7. The Morgan fingerprint density at radius 1 is 1.07 bits per heavy atom. The third-order valence-corrected chi connectivity index (χ3v) is 5.73. The quantitative estimate of drug-likeness (QED) is 0.512. The van der Waals surface area contributed by atoms with Gasteiger partial charge in [0, 0.05) is 10.6 Å². The molecular weight excluding hydrogens is 387 g/mol. The van der Waals surface area contributed by atoms with E-state index in [9.17, 15) is 14.0 Å². The minimum atomic E-state index is -0.528. The van der Waals surface area contributed by atoms with Crippen LogP contribution in [0.25, 0.3) is 15.9 Å². The van der Waals surface area contributed by atoms with E-state index < -0.39 is 11.5 Å². The number of aromatic nitrogens is 2. The van der Waals surface area contributed by atoms with Crippen molar-refractivity contribution in [3.63, 3.8) is 0 Å². The molecule has 27 heavy (non-hydrogen) atoms. The molecule has 2 aromatic carbocycles. The SMILES string of the molecule is Cc1ccccc1-n1c(=O)c2sccc2n(Cc2c(F)cccc2Cl)c1=O. The van der Waals surface area contributed by atoms with Gasteiger partial charge in [0.05, 0.1) is 17.7 Å². The molecule has 0 aliphatic heterocycles. The molecule has 0 spiro atoms. The fourth-order valence-corrected chi connectivity index (χ4v) is 4.16. The Bertz CT molecular complexity index is 1270. The molecule has 0 aliphatic rings. The van der Waals surface area contributed by atoms with Gasteiger partial charge in [-0.3, -0.25) is 9.36 Å². The van der Waals surface area contributed by atoms with Gasteiger partial charge in [-0.1, -0.05) is 35.9 Å². The van der Waals surface area contributed by atoms with Crippen molar-refractivity contribution in [1.29, 1.82) is 0 Å². The van der Waals surface area contributed by atoms with Gasteiger partial charge in [-0.15, -0.1) is 11.3 Å². The van der Waals surface area contributed by atoms with Crippen molar-refractivity contribution in [1.82, 2.24) is 9.13 Å². The number of hydrogen-bond donors (Lipinski definition) is 0. The smallest absolute Gasteiger partial charge is 0.287 e. The van der Waals surface area contributed by atoms with Crippen molar-refractivity contribution in [2.45, 2.75) is 13.5 Å². The zero-order chi connectivity index (χ0) is 19.1. The van der Waals surface area contributed by atoms with Gasteiger partial charge in [-0.2, -0.15) is 0 Å². The van der Waals surface area contributed by atoms with Gasteiger partial charge in [0.15, 0.2) is 0 Å². The van der Waals surface area contributed by atoms with Gasteiger partial charge >= 0.3 is 5.69 Å². The van der Waals surface area contributed by atoms with Crippen molar-refractivity contribution in [3.05, 3.63) is 96.7 Å². The standard InChI is InChI=1S/C20H14ClFN2O2S/c1-12-5-2-3-8-16(12)24-19(25)18-17(9-10-27-18)23(20(24)26)11-13-14(21)6-4-7-15(13)22/h2-10H,11H2,1H3. The summed E-state index contributed by atoms with van der Waals surface area (Å²) in [7, 11) is 0. The molecule has 136 valence electrons. The van der Waals surface area contributed by atoms with E-state index in [-0.39, 0.29) is 22.7 Å². The lowest BCUT2D eigenvalue weighted by Crippen LogP contribution is -2.39. The molecule has 0 saturated carbocycles. The number of hydrogen-bond acceptors (Lipinski definition) is 3. The predicted molar refractivity (Wildman–Crippen MR) is 107 cm³/mol. The molecule has 2 heterocycles. The number of nitrogens with zero attached hydrogens (tertiary/aromatic N) is 2. The maximum atomic E-state index is 14.3. The molecule has 0 fully saturated rings. The molecule has 0 amide bonds. The largest absolute Gasteiger partial charge is 0.336 e. The van der Waals surface area contributed by atoms with Crippen molar-refractivity contribution in [2.75, 3.05) is 0 Å². The normalized spacial score (nSPS) is 11.2. The number of fused-ring (bicyclic) bond motifs is 1. The van der Waals surface area contributed by atoms with Crippen molar-refractivity contribution < 1.29 is 4.39 Å². The van der Waals surface area contributed by atoms with E-state index >= 15 is 0 Å². The topological polar surface area (TPSA) is 44.0 Å². The molecule has 0 unspecified atom stereocenters. The number of para-hydroxylation sites is 1. The zero-order valence-corrected chi connectivity index (χ0v) is 15.9. The molecule has 0 radical (unpaired) electrons. The van der Waals surface area contributed by atoms with Gasteiger partial charge in [0.2, 0.25) is 0 Å². The Labute approximate surface area is 162 Å². The first-order chi connectivity index (χ1) is 13.0. The minimum Gasteiger partial charge on any atom is -0.287 e. The highest BCUT2D eigenvalue weighted by molar-refractivity contribution is 7.17. The third-order valence-electron chi connectivity index (χ3n) is 4.49. The van der Waals surface area contributed by atoms with Crippen LogP contribution in [0.5, 0.6) is 0 Å². The Kier molecular flexibility index (Phi) is 4.45. The first-order valence-electron chi connectivity index (χ1n) is 8.21. The molecule has 0 saturated heterocycles. The predicted octanol–water partition coefficient (Wildman–Crippen LogP) is 4.36. The number of halogens is 2. The van der Waals surface area contributed by atoms with E-state index in [0.29, 0.717) is 15.9 Å². The summed E-state index contributed by atoms with van der Waals surface area (Å²) in [6, 6.07) is 13.2. The maximum absolute atomic E-state index is 14.3. The molecule has 4 rings (SSSR count). The summed E-state index contributed by atoms with van der Waals surface area (Å²) in [6.07, 6.45) is 0. The van der Waals surface area contributed by atoms with Gasteiger partial charge in [-0.25, -0.2) is 13.8 Å². The highest BCUT2D eigenvalue weighted by atomic mass is 35.5. The van der Waals surface area contributed by atoms with Crippen LogP contribution >= 0.6 is 22.9 Å². The van der Waals surface area contributed by atoms with Crippen LogP contribution in [0.3, 0.4) is 0 Å². The Balaban J connectivity index is 2.05. The fraction of sp³-hybridized carbons (Fsp3) is 0.100. The monoisotopic (exact) mass is 400 g/mol. The summed E-state index contributed by atoms with van der Waals surface area (Å²) in [5, 5.41) is 1.98. The Morgan fingerprint density at radius 2 is 1.85 bits per heavy atom. The highest BCUT2D eigenvalue weighted by Crippen LogP contribution is 2.23. The summed E-state index contributed by atoms with van der Waals surface area (Å²) in [6.45, 7) is 1.77. The Hall–Kier alpha value is -2.70. The lowest BCUT2D eigenvalue weighted by atomic mass is 10.2. The average Bonchev–Trinajstić information content (AvgIpc) is 3.12. The molecule has 7 heteroatoms. The van der Waals surface area contributed by atoms with Gasteiger partial charge in [-0.05, 0) is 42.1 Å². The van der Waals surface area contributed by atoms with E-state index in [0.717, 1.165) is 10.1 Å². The molecule has 0 aliphatic carbocycles. The number of benzene rings is 2. The molecule has 0 N–H and O–H groups in total. The average molecular weight is 401 g/mol. The van der Waals surface area contributed by atoms with Crippen LogP contribution in [-0.2, 0) is 6.54 Å². The lowest BCUT2D eigenvalue weighted by molar-refractivity contribution is 0.594. The molecular formula is C20H14ClFN2O2S. The van der Waals surface area contributed by atoms with Crippen LogP contribution < -0.4 is 11.2 Å². The highest BCUT2D eigenvalue weighted by Gasteiger charge is 2.18. The second-order valence-corrected chi connectivity index (χ2v) is 7.45. The lowest BCUT2D eigenvalue weighted by Gasteiger charge is -2.14. The van der Waals surface area contributed by atoms with Crippen molar-refractivity contribution >= 4 is 33.2 Å². The fourth-order valence-electron chi connectivity index (χ4n) is 3.11. The minimum absolute atomic E-state index is 0.0657. The van der Waals surface area contributed by atoms with E-state index in [1.807, 2.05) is 19.1 Å². The molecule has 2 aromatic heterocycles. The van der Waals surface area contributed by atoms with Crippen LogP contribution in [0.2, 0.25) is 5.02 Å². The van der Waals surface area contributed by atoms with Gasteiger partial charge < -0.3 is 0 Å². The van der Waals surface area contributed by atoms with Crippen molar-refractivity contribution in [2.24, 2.45) is 0 Å². The molecule has 4 aromatic rings. The zero-order valence-electron chi connectivity index (χ0n) is 14.3. The number of aryl methyl sites for hydroxylation is 1. The summed E-state index contributed by atoms with van der Waals surface area (Å²) in [5.74, 6) is -0.494. The van der Waals surface area contributed by atoms with E-state index in [4.69, 9.17) is 11.6 Å². The molecule has 0 atom stereocenters. The molecule has 0 bridgehead atoms. The summed E-state index contributed by atoms with van der Waals surface area (Å²) in [4.78, 5) is 26.2. The van der Waals surface area contributed by atoms with Crippen molar-refractivity contribution in [3.8, 4) is 5.69 Å². The van der Waals surface area contributed by atoms with Gasteiger partial charge in [0.25, 0.3) is 5.56 Å². The van der Waals surface area contributed by atoms with Crippen LogP contribution in [0, 0.1) is 12.7 Å². The van der Waals surface area contributed by atoms with E-state index in [1.165, 1.54) is 28.0 Å². The van der Waals surface area contributed by atoms with Gasteiger partial charge in [0.1, 0.15) is 10.5 Å². The summed E-state index contributed by atoms with van der Waals surface area (Å²) in [5.41, 5.74) is 1.08. The second kappa shape index (κ2) is 6.79. The van der Waals surface area contributed by atoms with E-state index in [1.54, 1.807) is 29.6 Å². The van der Waals surface area contributed by atoms with E-state index in [2.05, 4.69) is 0 Å².